The van der Waals surface area contributed by atoms with Crippen molar-refractivity contribution in [3.8, 4) is 5.75 Å². The zero-order chi connectivity index (χ0) is 17.7. The summed E-state index contributed by atoms with van der Waals surface area (Å²) in [5.74, 6) is 0.108. The number of ether oxygens (including phenoxy) is 1. The Morgan fingerprint density at radius 2 is 1.88 bits per heavy atom. The van der Waals surface area contributed by atoms with E-state index in [-0.39, 0.29) is 22.9 Å². The Hall–Kier alpha value is -2.28. The average Bonchev–Trinajstić information content (AvgIpc) is 2.51. The van der Waals surface area contributed by atoms with Crippen LogP contribution in [0.1, 0.15) is 24.5 Å². The van der Waals surface area contributed by atoms with Gasteiger partial charge in [0.25, 0.3) is 5.69 Å². The van der Waals surface area contributed by atoms with E-state index in [9.17, 15) is 23.3 Å². The Bertz CT molecular complexity index is 722. The van der Waals surface area contributed by atoms with Crippen molar-refractivity contribution in [2.45, 2.75) is 25.1 Å². The zero-order valence-electron chi connectivity index (χ0n) is 12.3. The molecule has 2 aromatic carbocycles. The quantitative estimate of drug-likeness (QED) is 0.490. The molecule has 0 aliphatic heterocycles. The number of nitrogens with zero attached hydrogens (tertiary/aromatic N) is 1. The van der Waals surface area contributed by atoms with E-state index in [0.717, 1.165) is 6.07 Å². The third-order valence-corrected chi connectivity index (χ3v) is 3.59. The van der Waals surface area contributed by atoms with Crippen molar-refractivity contribution in [3.63, 3.8) is 0 Å². The van der Waals surface area contributed by atoms with Crippen molar-refractivity contribution in [1.29, 1.82) is 0 Å². The highest BCUT2D eigenvalue weighted by Crippen LogP contribution is 2.34. The molecule has 4 nitrogen and oxygen atoms in total. The van der Waals surface area contributed by atoms with Crippen molar-refractivity contribution in [2.24, 2.45) is 0 Å². The van der Waals surface area contributed by atoms with Crippen LogP contribution < -0.4 is 4.74 Å². The van der Waals surface area contributed by atoms with Gasteiger partial charge in [0.05, 0.1) is 11.0 Å². The highest BCUT2D eigenvalue weighted by Gasteiger charge is 2.30. The van der Waals surface area contributed by atoms with Crippen molar-refractivity contribution >= 4 is 17.3 Å². The Balaban J connectivity index is 2.27. The summed E-state index contributed by atoms with van der Waals surface area (Å²) in [6.07, 6.45) is -6.72. The number of benzene rings is 2. The van der Waals surface area contributed by atoms with Gasteiger partial charge >= 0.3 is 6.18 Å². The second-order valence-corrected chi connectivity index (χ2v) is 5.44. The number of nitro benzene ring substituents is 1. The molecular weight excluding hydrogens is 347 g/mol. The second kappa shape index (κ2) is 7.53. The van der Waals surface area contributed by atoms with Crippen molar-refractivity contribution in [1.82, 2.24) is 0 Å². The molecule has 0 saturated heterocycles. The maximum absolute atomic E-state index is 12.6. The van der Waals surface area contributed by atoms with E-state index >= 15 is 0 Å². The van der Waals surface area contributed by atoms with Crippen molar-refractivity contribution in [3.05, 3.63) is 69.2 Å². The van der Waals surface area contributed by atoms with Gasteiger partial charge in [0.15, 0.2) is 0 Å². The summed E-state index contributed by atoms with van der Waals surface area (Å²) >= 11 is 6.05. The summed E-state index contributed by atoms with van der Waals surface area (Å²) in [5, 5.41) is 11.1. The van der Waals surface area contributed by atoms with Gasteiger partial charge < -0.3 is 4.74 Å². The molecule has 0 spiro atoms. The molecule has 128 valence electrons. The molecule has 1 unspecified atom stereocenters. The van der Waals surface area contributed by atoms with Crippen LogP contribution in [0.25, 0.3) is 0 Å². The lowest BCUT2D eigenvalue weighted by atomic mass is 10.0. The molecule has 0 radical (unpaired) electrons. The molecule has 0 amide bonds. The lowest BCUT2D eigenvalue weighted by Crippen LogP contribution is -2.14. The normalized spacial score (nSPS) is 12.7. The van der Waals surface area contributed by atoms with Crippen LogP contribution in [0.5, 0.6) is 5.75 Å². The Labute approximate surface area is 141 Å². The molecule has 0 saturated carbocycles. The molecule has 0 aliphatic rings. The summed E-state index contributed by atoms with van der Waals surface area (Å²) in [4.78, 5) is 10.2. The molecule has 24 heavy (non-hydrogen) atoms. The van der Waals surface area contributed by atoms with Crippen LogP contribution >= 0.6 is 11.6 Å². The molecule has 0 aliphatic carbocycles. The minimum Gasteiger partial charge on any atom is -0.485 e. The highest BCUT2D eigenvalue weighted by molar-refractivity contribution is 6.31. The summed E-state index contributed by atoms with van der Waals surface area (Å²) < 4.78 is 43.3. The van der Waals surface area contributed by atoms with Gasteiger partial charge in [-0.1, -0.05) is 35.9 Å². The SMILES string of the molecule is O=[N+]([O-])c1cccc(OC(CCC(F)(F)F)c2ccccc2Cl)c1. The minimum absolute atomic E-state index is 0.108. The van der Waals surface area contributed by atoms with Gasteiger partial charge in [0.1, 0.15) is 11.9 Å². The Morgan fingerprint density at radius 1 is 1.17 bits per heavy atom. The fraction of sp³-hybridized carbons (Fsp3) is 0.250. The number of halogens is 4. The molecule has 0 aromatic heterocycles. The third kappa shape index (κ3) is 5.13. The van der Waals surface area contributed by atoms with Crippen LogP contribution in [0.4, 0.5) is 18.9 Å². The summed E-state index contributed by atoms with van der Waals surface area (Å²) in [5.41, 5.74) is 0.191. The monoisotopic (exact) mass is 359 g/mol. The number of hydrogen-bond acceptors (Lipinski definition) is 3. The fourth-order valence-corrected chi connectivity index (χ4v) is 2.40. The van der Waals surface area contributed by atoms with E-state index < -0.39 is 23.6 Å². The standard InChI is InChI=1S/C16H13ClF3NO3/c17-14-7-2-1-6-13(14)15(8-9-16(18,19)20)24-12-5-3-4-11(10-12)21(22)23/h1-7,10,15H,8-9H2. The lowest BCUT2D eigenvalue weighted by molar-refractivity contribution is -0.385. The van der Waals surface area contributed by atoms with Gasteiger partial charge in [-0.25, -0.2) is 0 Å². The van der Waals surface area contributed by atoms with Gasteiger partial charge in [-0.3, -0.25) is 10.1 Å². The van der Waals surface area contributed by atoms with Gasteiger partial charge in [-0.15, -0.1) is 0 Å². The predicted octanol–water partition coefficient (Wildman–Crippen LogP) is 5.71. The molecular formula is C16H13ClF3NO3. The smallest absolute Gasteiger partial charge is 0.389 e. The molecule has 0 heterocycles. The van der Waals surface area contributed by atoms with Crippen molar-refractivity contribution in [2.75, 3.05) is 0 Å². The van der Waals surface area contributed by atoms with E-state index in [0.29, 0.717) is 5.56 Å². The number of hydrogen-bond donors (Lipinski definition) is 0. The first-order valence-corrected chi connectivity index (χ1v) is 7.36. The Morgan fingerprint density at radius 3 is 2.50 bits per heavy atom. The number of nitro groups is 1. The summed E-state index contributed by atoms with van der Waals surface area (Å²) in [6.45, 7) is 0. The van der Waals surface area contributed by atoms with E-state index in [1.807, 2.05) is 0 Å². The first kappa shape index (κ1) is 18.1. The molecule has 2 aromatic rings. The van der Waals surface area contributed by atoms with E-state index in [2.05, 4.69) is 0 Å². The summed E-state index contributed by atoms with van der Waals surface area (Å²) in [7, 11) is 0. The first-order valence-electron chi connectivity index (χ1n) is 6.98. The van der Waals surface area contributed by atoms with E-state index in [1.165, 1.54) is 18.2 Å². The van der Waals surface area contributed by atoms with Crippen LogP contribution in [-0.4, -0.2) is 11.1 Å². The maximum Gasteiger partial charge on any atom is 0.389 e. The molecule has 0 N–H and O–H groups in total. The molecule has 0 bridgehead atoms. The first-order chi connectivity index (χ1) is 11.3. The fourth-order valence-electron chi connectivity index (χ4n) is 2.14. The lowest BCUT2D eigenvalue weighted by Gasteiger charge is -2.21. The van der Waals surface area contributed by atoms with Crippen LogP contribution in [0.15, 0.2) is 48.5 Å². The van der Waals surface area contributed by atoms with Crippen LogP contribution in [0.2, 0.25) is 5.02 Å². The molecule has 2 rings (SSSR count). The van der Waals surface area contributed by atoms with Gasteiger partial charge in [0, 0.05) is 23.1 Å². The van der Waals surface area contributed by atoms with Gasteiger partial charge in [-0.2, -0.15) is 13.2 Å². The van der Waals surface area contributed by atoms with Crippen LogP contribution in [-0.2, 0) is 0 Å². The minimum atomic E-state index is -4.34. The zero-order valence-corrected chi connectivity index (χ0v) is 13.1. The molecule has 8 heteroatoms. The number of rotatable bonds is 6. The van der Waals surface area contributed by atoms with E-state index in [4.69, 9.17) is 16.3 Å². The number of non-ortho nitro benzene ring substituents is 1. The van der Waals surface area contributed by atoms with Crippen LogP contribution in [0.3, 0.4) is 0 Å². The summed E-state index contributed by atoms with van der Waals surface area (Å²) in [6, 6.07) is 11.7. The average molecular weight is 360 g/mol. The topological polar surface area (TPSA) is 52.4 Å². The predicted molar refractivity (Wildman–Crippen MR) is 83.2 cm³/mol. The van der Waals surface area contributed by atoms with Crippen molar-refractivity contribution < 1.29 is 22.8 Å². The van der Waals surface area contributed by atoms with Crippen LogP contribution in [0, 0.1) is 10.1 Å². The largest absolute Gasteiger partial charge is 0.485 e. The van der Waals surface area contributed by atoms with E-state index in [1.54, 1.807) is 24.3 Å². The third-order valence-electron chi connectivity index (χ3n) is 3.25. The molecule has 0 fully saturated rings. The molecule has 1 atom stereocenters. The van der Waals surface area contributed by atoms with Gasteiger partial charge in [-0.05, 0) is 18.6 Å². The van der Waals surface area contributed by atoms with Gasteiger partial charge in [0.2, 0.25) is 0 Å². The second-order valence-electron chi connectivity index (χ2n) is 5.04. The Kier molecular flexibility index (Phi) is 5.66. The maximum atomic E-state index is 12.6. The highest BCUT2D eigenvalue weighted by atomic mass is 35.5. The number of alkyl halides is 3.